The summed E-state index contributed by atoms with van der Waals surface area (Å²) in [6.07, 6.45) is 0.927. The summed E-state index contributed by atoms with van der Waals surface area (Å²) in [7, 11) is 1.65. The maximum absolute atomic E-state index is 12.9. The third-order valence-electron chi connectivity index (χ3n) is 5.37. The van der Waals surface area contributed by atoms with Gasteiger partial charge < -0.3 is 14.2 Å². The molecule has 0 saturated carbocycles. The molecule has 0 bridgehead atoms. The molecule has 1 aromatic heterocycles. The van der Waals surface area contributed by atoms with Crippen LogP contribution in [-0.4, -0.2) is 34.6 Å². The van der Waals surface area contributed by atoms with Gasteiger partial charge in [-0.15, -0.1) is 0 Å². The average molecular weight is 377 g/mol. The zero-order chi connectivity index (χ0) is 19.7. The van der Waals surface area contributed by atoms with E-state index in [1.165, 1.54) is 5.56 Å². The van der Waals surface area contributed by atoms with Crippen LogP contribution in [0.1, 0.15) is 35.5 Å². The zero-order valence-corrected chi connectivity index (χ0v) is 16.3. The summed E-state index contributed by atoms with van der Waals surface area (Å²) >= 11 is 0. The van der Waals surface area contributed by atoms with Gasteiger partial charge in [0.1, 0.15) is 12.2 Å². The van der Waals surface area contributed by atoms with E-state index in [0.717, 1.165) is 28.9 Å². The van der Waals surface area contributed by atoms with Crippen molar-refractivity contribution in [1.29, 1.82) is 0 Å². The van der Waals surface area contributed by atoms with Crippen LogP contribution >= 0.6 is 0 Å². The van der Waals surface area contributed by atoms with Crippen molar-refractivity contribution in [3.8, 4) is 17.1 Å². The molecule has 4 rings (SSSR count). The van der Waals surface area contributed by atoms with Crippen LogP contribution in [0.2, 0.25) is 0 Å². The fourth-order valence-corrected chi connectivity index (χ4v) is 3.75. The lowest BCUT2D eigenvalue weighted by Gasteiger charge is -2.35. The number of rotatable bonds is 4. The van der Waals surface area contributed by atoms with E-state index in [1.54, 1.807) is 7.11 Å². The molecule has 0 aliphatic carbocycles. The van der Waals surface area contributed by atoms with Gasteiger partial charge >= 0.3 is 0 Å². The fourth-order valence-electron chi connectivity index (χ4n) is 3.75. The van der Waals surface area contributed by atoms with E-state index in [-0.39, 0.29) is 18.4 Å². The Morgan fingerprint density at radius 1 is 1.29 bits per heavy atom. The Balaban J connectivity index is 1.51. The second-order valence-corrected chi connectivity index (χ2v) is 7.08. The first kappa shape index (κ1) is 18.2. The Labute approximate surface area is 164 Å². The maximum Gasteiger partial charge on any atom is 0.236 e. The van der Waals surface area contributed by atoms with Gasteiger partial charge in [0.2, 0.25) is 17.6 Å². The molecule has 0 radical (unpaired) electrons. The number of methoxy groups -OCH3 is 1. The SMILES string of the molecule is COc1ccc2c(c1)C(C)N(C(=O)Cc1nc(-c3ccccc3C)no1)CC2. The number of fused-ring (bicyclic) bond motifs is 1. The molecule has 1 aliphatic heterocycles. The summed E-state index contributed by atoms with van der Waals surface area (Å²) in [5.41, 5.74) is 4.37. The lowest BCUT2D eigenvalue weighted by atomic mass is 9.93. The number of carbonyl (C=O) groups excluding carboxylic acids is 1. The van der Waals surface area contributed by atoms with E-state index in [9.17, 15) is 4.79 Å². The number of carbonyl (C=O) groups is 1. The van der Waals surface area contributed by atoms with Crippen LogP contribution in [0.25, 0.3) is 11.4 Å². The van der Waals surface area contributed by atoms with Gasteiger partial charge in [-0.25, -0.2) is 0 Å². The largest absolute Gasteiger partial charge is 0.497 e. The molecular weight excluding hydrogens is 354 g/mol. The molecule has 0 N–H and O–H groups in total. The Hall–Kier alpha value is -3.15. The predicted molar refractivity (Wildman–Crippen MR) is 105 cm³/mol. The average Bonchev–Trinajstić information content (AvgIpc) is 3.16. The highest BCUT2D eigenvalue weighted by molar-refractivity contribution is 5.79. The molecule has 1 amide bonds. The first-order chi connectivity index (χ1) is 13.6. The molecule has 2 aromatic carbocycles. The van der Waals surface area contributed by atoms with E-state index < -0.39 is 0 Å². The number of benzene rings is 2. The van der Waals surface area contributed by atoms with Crippen molar-refractivity contribution in [2.24, 2.45) is 0 Å². The smallest absolute Gasteiger partial charge is 0.236 e. The van der Waals surface area contributed by atoms with Crippen molar-refractivity contribution in [3.05, 3.63) is 65.0 Å². The van der Waals surface area contributed by atoms with E-state index in [0.29, 0.717) is 18.3 Å². The summed E-state index contributed by atoms with van der Waals surface area (Å²) in [6.45, 7) is 4.72. The molecule has 2 heterocycles. The molecule has 144 valence electrons. The monoisotopic (exact) mass is 377 g/mol. The molecule has 1 unspecified atom stereocenters. The van der Waals surface area contributed by atoms with Crippen LogP contribution in [0.5, 0.6) is 5.75 Å². The highest BCUT2D eigenvalue weighted by Gasteiger charge is 2.29. The summed E-state index contributed by atoms with van der Waals surface area (Å²) in [4.78, 5) is 19.2. The van der Waals surface area contributed by atoms with Crippen molar-refractivity contribution in [2.45, 2.75) is 32.7 Å². The Bertz CT molecular complexity index is 1010. The van der Waals surface area contributed by atoms with Gasteiger partial charge in [0, 0.05) is 12.1 Å². The van der Waals surface area contributed by atoms with Crippen molar-refractivity contribution < 1.29 is 14.1 Å². The molecule has 6 heteroatoms. The summed E-state index contributed by atoms with van der Waals surface area (Å²) in [5, 5.41) is 4.05. The van der Waals surface area contributed by atoms with Crippen LogP contribution in [0, 0.1) is 6.92 Å². The van der Waals surface area contributed by atoms with Gasteiger partial charge in [-0.3, -0.25) is 4.79 Å². The first-order valence-electron chi connectivity index (χ1n) is 9.41. The number of hydrogen-bond donors (Lipinski definition) is 0. The summed E-state index contributed by atoms with van der Waals surface area (Å²) in [5.74, 6) is 1.65. The quantitative estimate of drug-likeness (QED) is 0.693. The Morgan fingerprint density at radius 3 is 2.89 bits per heavy atom. The molecule has 3 aromatic rings. The molecule has 6 nitrogen and oxygen atoms in total. The van der Waals surface area contributed by atoms with Crippen LogP contribution in [0.15, 0.2) is 47.0 Å². The first-order valence-corrected chi connectivity index (χ1v) is 9.41. The molecule has 1 atom stereocenters. The number of aryl methyl sites for hydroxylation is 1. The van der Waals surface area contributed by atoms with Crippen molar-refractivity contribution in [3.63, 3.8) is 0 Å². The zero-order valence-electron chi connectivity index (χ0n) is 16.3. The minimum Gasteiger partial charge on any atom is -0.497 e. The highest BCUT2D eigenvalue weighted by atomic mass is 16.5. The number of nitrogens with zero attached hydrogens (tertiary/aromatic N) is 3. The normalized spacial score (nSPS) is 16.0. The summed E-state index contributed by atoms with van der Waals surface area (Å²) < 4.78 is 10.7. The number of amides is 1. The number of hydrogen-bond acceptors (Lipinski definition) is 5. The van der Waals surface area contributed by atoms with Gasteiger partial charge in [0.15, 0.2) is 0 Å². The fraction of sp³-hybridized carbons (Fsp3) is 0.318. The molecular formula is C22H23N3O3. The molecule has 0 fully saturated rings. The second kappa shape index (κ2) is 7.46. The number of ether oxygens (including phenoxy) is 1. The Morgan fingerprint density at radius 2 is 2.11 bits per heavy atom. The van der Waals surface area contributed by atoms with E-state index in [1.807, 2.05) is 55.1 Å². The minimum atomic E-state index is -0.0230. The van der Waals surface area contributed by atoms with Crippen LogP contribution < -0.4 is 4.74 Å². The minimum absolute atomic E-state index is 0.0130. The van der Waals surface area contributed by atoms with Crippen molar-refractivity contribution in [2.75, 3.05) is 13.7 Å². The Kier molecular flexibility index (Phi) is 4.86. The molecule has 28 heavy (non-hydrogen) atoms. The van der Waals surface area contributed by atoms with Crippen LogP contribution in [0.4, 0.5) is 0 Å². The standard InChI is InChI=1S/C22H23N3O3/c1-14-6-4-5-7-18(14)22-23-20(28-24-22)13-21(26)25-11-10-16-8-9-17(27-3)12-19(16)15(25)2/h4-9,12,15H,10-11,13H2,1-3H3. The topological polar surface area (TPSA) is 68.5 Å². The number of aromatic nitrogens is 2. The summed E-state index contributed by atoms with van der Waals surface area (Å²) in [6, 6.07) is 13.9. The molecule has 0 saturated heterocycles. The molecule has 0 spiro atoms. The highest BCUT2D eigenvalue weighted by Crippen LogP contribution is 2.32. The predicted octanol–water partition coefficient (Wildman–Crippen LogP) is 3.74. The third kappa shape index (κ3) is 3.38. The third-order valence-corrected chi connectivity index (χ3v) is 5.37. The van der Waals surface area contributed by atoms with E-state index >= 15 is 0 Å². The van der Waals surface area contributed by atoms with Gasteiger partial charge in [-0.1, -0.05) is 35.5 Å². The van der Waals surface area contributed by atoms with Crippen molar-refractivity contribution >= 4 is 5.91 Å². The maximum atomic E-state index is 12.9. The van der Waals surface area contributed by atoms with Gasteiger partial charge in [-0.2, -0.15) is 4.98 Å². The van der Waals surface area contributed by atoms with Crippen molar-refractivity contribution in [1.82, 2.24) is 15.0 Å². The van der Waals surface area contributed by atoms with Crippen LogP contribution in [0.3, 0.4) is 0 Å². The van der Waals surface area contributed by atoms with Crippen LogP contribution in [-0.2, 0) is 17.6 Å². The van der Waals surface area contributed by atoms with Gasteiger partial charge in [-0.05, 0) is 49.1 Å². The lowest BCUT2D eigenvalue weighted by molar-refractivity contribution is -0.133. The van der Waals surface area contributed by atoms with Gasteiger partial charge in [0.05, 0.1) is 13.2 Å². The molecule has 1 aliphatic rings. The second-order valence-electron chi connectivity index (χ2n) is 7.08. The van der Waals surface area contributed by atoms with Gasteiger partial charge in [0.25, 0.3) is 0 Å². The van der Waals surface area contributed by atoms with E-state index in [4.69, 9.17) is 9.26 Å². The lowest BCUT2D eigenvalue weighted by Crippen LogP contribution is -2.39. The van der Waals surface area contributed by atoms with E-state index in [2.05, 4.69) is 16.2 Å².